The van der Waals surface area contributed by atoms with E-state index < -0.39 is 0 Å². The van der Waals surface area contributed by atoms with Crippen molar-refractivity contribution in [2.45, 2.75) is 13.0 Å². The predicted molar refractivity (Wildman–Crippen MR) is 63.5 cm³/mol. The zero-order chi connectivity index (χ0) is 13.1. The molecule has 0 saturated heterocycles. The van der Waals surface area contributed by atoms with Crippen LogP contribution < -0.4 is 5.32 Å². The van der Waals surface area contributed by atoms with Crippen LogP contribution in [0.5, 0.6) is 0 Å². The van der Waals surface area contributed by atoms with Gasteiger partial charge in [0.05, 0.1) is 5.69 Å². The lowest BCUT2D eigenvalue weighted by Crippen LogP contribution is -2.15. The second kappa shape index (κ2) is 4.94. The highest BCUT2D eigenvalue weighted by molar-refractivity contribution is 5.42. The Bertz CT molecular complexity index is 599. The van der Waals surface area contributed by atoms with E-state index in [1.165, 1.54) is 23.1 Å². The zero-order valence-electron chi connectivity index (χ0n) is 10.1. The topological polar surface area (TPSA) is 66.5 Å². The van der Waals surface area contributed by atoms with Crippen LogP contribution in [0, 0.1) is 17.1 Å². The molecular weight excluding hydrogens is 233 g/mol. The maximum atomic E-state index is 13.3. The molecule has 2 aromatic rings. The second-order valence-corrected chi connectivity index (χ2v) is 3.84. The van der Waals surface area contributed by atoms with Crippen LogP contribution in [0.4, 0.5) is 4.39 Å². The average molecular weight is 245 g/mol. The van der Waals surface area contributed by atoms with E-state index in [1.807, 2.05) is 13.0 Å². The van der Waals surface area contributed by atoms with Crippen molar-refractivity contribution in [3.8, 4) is 11.8 Å². The molecule has 0 spiro atoms. The number of halogens is 1. The number of nitriles is 1. The maximum absolute atomic E-state index is 13.3. The summed E-state index contributed by atoms with van der Waals surface area (Å²) in [5.41, 5.74) is 1.46. The number of hydrogen-bond donors (Lipinski definition) is 1. The molecule has 1 unspecified atom stereocenters. The smallest absolute Gasteiger partial charge is 0.252 e. The molecule has 6 heteroatoms. The summed E-state index contributed by atoms with van der Waals surface area (Å²) in [5.74, 6) is -0.223. The van der Waals surface area contributed by atoms with Crippen LogP contribution in [-0.2, 0) is 0 Å². The summed E-state index contributed by atoms with van der Waals surface area (Å²) >= 11 is 0. The van der Waals surface area contributed by atoms with Gasteiger partial charge in [-0.3, -0.25) is 0 Å². The van der Waals surface area contributed by atoms with Gasteiger partial charge in [0.25, 0.3) is 5.82 Å². The molecule has 0 fully saturated rings. The van der Waals surface area contributed by atoms with Crippen LogP contribution in [0.15, 0.2) is 24.5 Å². The second-order valence-electron chi connectivity index (χ2n) is 3.84. The lowest BCUT2D eigenvalue weighted by Gasteiger charge is -2.15. The number of nitrogens with zero attached hydrogens (tertiary/aromatic N) is 4. The van der Waals surface area contributed by atoms with Gasteiger partial charge in [-0.1, -0.05) is 0 Å². The Hall–Kier alpha value is -2.26. The Labute approximate surface area is 104 Å². The minimum absolute atomic E-state index is 0.0366. The zero-order valence-corrected chi connectivity index (χ0v) is 10.1. The van der Waals surface area contributed by atoms with Crippen molar-refractivity contribution in [2.24, 2.45) is 0 Å². The van der Waals surface area contributed by atoms with E-state index in [2.05, 4.69) is 15.4 Å². The number of rotatable bonds is 3. The van der Waals surface area contributed by atoms with Gasteiger partial charge in [-0.05, 0) is 37.7 Å². The van der Waals surface area contributed by atoms with Crippen molar-refractivity contribution >= 4 is 0 Å². The summed E-state index contributed by atoms with van der Waals surface area (Å²) in [6.45, 7) is 1.92. The minimum atomic E-state index is -0.309. The fraction of sp³-hybridized carbons (Fsp3) is 0.250. The lowest BCUT2D eigenvalue weighted by atomic mass is 10.1. The first-order chi connectivity index (χ1) is 8.65. The van der Waals surface area contributed by atoms with Crippen molar-refractivity contribution < 1.29 is 4.39 Å². The first-order valence-electron chi connectivity index (χ1n) is 5.44. The Balaban J connectivity index is 2.53. The largest absolute Gasteiger partial charge is 0.313 e. The van der Waals surface area contributed by atoms with Crippen LogP contribution in [0.2, 0.25) is 0 Å². The Morgan fingerprint density at radius 3 is 2.89 bits per heavy atom. The Kier molecular flexibility index (Phi) is 3.35. The first kappa shape index (κ1) is 12.2. The summed E-state index contributed by atoms with van der Waals surface area (Å²) in [7, 11) is 1.79. The van der Waals surface area contributed by atoms with Crippen molar-refractivity contribution in [1.82, 2.24) is 20.1 Å². The standard InChI is InChI=1S/C12H12FN5/c1-8(15-2)10-5-9(13)3-4-11(10)18-7-16-12(6-14)17-18/h3-5,7-8,15H,1-2H3. The molecule has 1 atom stereocenters. The molecule has 1 aromatic heterocycles. The highest BCUT2D eigenvalue weighted by Crippen LogP contribution is 2.21. The number of nitrogens with one attached hydrogen (secondary N) is 1. The van der Waals surface area contributed by atoms with Crippen LogP contribution in [-0.4, -0.2) is 21.8 Å². The molecule has 0 amide bonds. The molecule has 2 rings (SSSR count). The molecule has 1 heterocycles. The summed E-state index contributed by atoms with van der Waals surface area (Å²) in [6.07, 6.45) is 1.44. The average Bonchev–Trinajstić information content (AvgIpc) is 2.86. The monoisotopic (exact) mass is 245 g/mol. The summed E-state index contributed by atoms with van der Waals surface area (Å²) in [5, 5.41) is 15.8. The molecule has 0 aliphatic heterocycles. The van der Waals surface area contributed by atoms with Crippen LogP contribution in [0.25, 0.3) is 5.69 Å². The van der Waals surface area contributed by atoms with Crippen molar-refractivity contribution in [1.29, 1.82) is 5.26 Å². The third-order valence-corrected chi connectivity index (χ3v) is 2.73. The molecule has 1 N–H and O–H groups in total. The van der Waals surface area contributed by atoms with Gasteiger partial charge in [-0.2, -0.15) is 5.26 Å². The number of hydrogen-bond acceptors (Lipinski definition) is 4. The van der Waals surface area contributed by atoms with E-state index in [9.17, 15) is 4.39 Å². The summed E-state index contributed by atoms with van der Waals surface area (Å²) in [4.78, 5) is 3.84. The molecular formula is C12H12FN5. The van der Waals surface area contributed by atoms with Gasteiger partial charge in [0.2, 0.25) is 0 Å². The third kappa shape index (κ3) is 2.21. The maximum Gasteiger partial charge on any atom is 0.252 e. The van der Waals surface area contributed by atoms with Crippen molar-refractivity contribution in [2.75, 3.05) is 7.05 Å². The van der Waals surface area contributed by atoms with E-state index in [1.54, 1.807) is 13.1 Å². The highest BCUT2D eigenvalue weighted by atomic mass is 19.1. The van der Waals surface area contributed by atoms with Gasteiger partial charge in [-0.15, -0.1) is 5.10 Å². The van der Waals surface area contributed by atoms with Gasteiger partial charge in [-0.25, -0.2) is 14.1 Å². The van der Waals surface area contributed by atoms with Gasteiger partial charge >= 0.3 is 0 Å². The molecule has 0 radical (unpaired) electrons. The van der Waals surface area contributed by atoms with Gasteiger partial charge in [0, 0.05) is 6.04 Å². The predicted octanol–water partition coefficient (Wildman–Crippen LogP) is 1.56. The minimum Gasteiger partial charge on any atom is -0.313 e. The number of benzene rings is 1. The van der Waals surface area contributed by atoms with Crippen LogP contribution >= 0.6 is 0 Å². The first-order valence-corrected chi connectivity index (χ1v) is 5.44. The van der Waals surface area contributed by atoms with E-state index in [-0.39, 0.29) is 17.7 Å². The lowest BCUT2D eigenvalue weighted by molar-refractivity contribution is 0.604. The van der Waals surface area contributed by atoms with Gasteiger partial charge < -0.3 is 5.32 Å². The van der Waals surface area contributed by atoms with Crippen molar-refractivity contribution in [3.05, 3.63) is 41.7 Å². The number of aromatic nitrogens is 3. The molecule has 0 bridgehead atoms. The van der Waals surface area contributed by atoms with E-state index >= 15 is 0 Å². The molecule has 1 aromatic carbocycles. The molecule has 0 aliphatic carbocycles. The normalized spacial score (nSPS) is 12.1. The van der Waals surface area contributed by atoms with E-state index in [0.717, 1.165) is 5.56 Å². The molecule has 92 valence electrons. The highest BCUT2D eigenvalue weighted by Gasteiger charge is 2.13. The quantitative estimate of drug-likeness (QED) is 0.891. The van der Waals surface area contributed by atoms with Crippen LogP contribution in [0.1, 0.15) is 24.4 Å². The summed E-state index contributed by atoms with van der Waals surface area (Å²) < 4.78 is 14.8. The molecule has 18 heavy (non-hydrogen) atoms. The molecule has 0 aliphatic rings. The van der Waals surface area contributed by atoms with E-state index in [4.69, 9.17) is 5.26 Å². The summed E-state index contributed by atoms with van der Waals surface area (Å²) in [6, 6.07) is 6.25. The Morgan fingerprint density at radius 1 is 1.50 bits per heavy atom. The van der Waals surface area contributed by atoms with E-state index in [0.29, 0.717) is 5.69 Å². The molecule has 0 saturated carbocycles. The fourth-order valence-electron chi connectivity index (χ4n) is 1.67. The fourth-order valence-corrected chi connectivity index (χ4v) is 1.67. The Morgan fingerprint density at radius 2 is 2.28 bits per heavy atom. The van der Waals surface area contributed by atoms with Gasteiger partial charge in [0.15, 0.2) is 0 Å². The van der Waals surface area contributed by atoms with Crippen LogP contribution in [0.3, 0.4) is 0 Å². The third-order valence-electron chi connectivity index (χ3n) is 2.73. The van der Waals surface area contributed by atoms with Gasteiger partial charge in [0.1, 0.15) is 18.2 Å². The SMILES string of the molecule is CNC(C)c1cc(F)ccc1-n1cnc(C#N)n1. The van der Waals surface area contributed by atoms with Crippen molar-refractivity contribution in [3.63, 3.8) is 0 Å². The molecule has 5 nitrogen and oxygen atoms in total.